The lowest BCUT2D eigenvalue weighted by atomic mass is 10.0. The van der Waals surface area contributed by atoms with E-state index < -0.39 is 0 Å². The second kappa shape index (κ2) is 15.6. The van der Waals surface area contributed by atoms with Gasteiger partial charge in [0, 0.05) is 0 Å². The van der Waals surface area contributed by atoms with Gasteiger partial charge in [-0.05, 0) is 50.2 Å². The normalized spacial score (nSPS) is 16.0. The van der Waals surface area contributed by atoms with Gasteiger partial charge < -0.3 is 9.47 Å². The van der Waals surface area contributed by atoms with Crippen LogP contribution in [-0.4, -0.2) is 19.3 Å². The second-order valence-electron chi connectivity index (χ2n) is 8.21. The number of unbranched alkanes of at least 4 members (excludes halogenated alkanes) is 11. The Bertz CT molecular complexity index is 519. The first kappa shape index (κ1) is 23.0. The summed E-state index contributed by atoms with van der Waals surface area (Å²) >= 11 is 0. The van der Waals surface area contributed by atoms with Crippen LogP contribution in [0.15, 0.2) is 36.4 Å². The van der Waals surface area contributed by atoms with Gasteiger partial charge in [-0.25, -0.2) is 0 Å². The lowest BCUT2D eigenvalue weighted by Gasteiger charge is -2.10. The molecule has 28 heavy (non-hydrogen) atoms. The van der Waals surface area contributed by atoms with E-state index in [1.807, 2.05) is 0 Å². The molecule has 0 radical (unpaired) electrons. The molecule has 2 rings (SSSR count). The van der Waals surface area contributed by atoms with Gasteiger partial charge in [0.1, 0.15) is 18.5 Å². The molecule has 0 spiro atoms. The predicted octanol–water partition coefficient (Wildman–Crippen LogP) is 7.65. The zero-order chi connectivity index (χ0) is 19.7. The number of hydrogen-bond acceptors (Lipinski definition) is 2. The van der Waals surface area contributed by atoms with Crippen LogP contribution in [0.2, 0.25) is 0 Å². The van der Waals surface area contributed by atoms with E-state index >= 15 is 0 Å². The largest absolute Gasteiger partial charge is 0.491 e. The van der Waals surface area contributed by atoms with E-state index in [4.69, 9.17) is 9.47 Å². The minimum absolute atomic E-state index is 0.329. The number of aryl methyl sites for hydroxylation is 1. The van der Waals surface area contributed by atoms with E-state index in [1.54, 1.807) is 0 Å². The fraction of sp³-hybridized carbons (Fsp3) is 0.692. The van der Waals surface area contributed by atoms with Gasteiger partial charge in [-0.2, -0.15) is 0 Å². The molecule has 1 aliphatic rings. The molecule has 0 saturated carbocycles. The Hall–Kier alpha value is -1.28. The Labute approximate surface area is 173 Å². The van der Waals surface area contributed by atoms with E-state index in [9.17, 15) is 0 Å². The molecule has 0 bridgehead atoms. The molecule has 158 valence electrons. The lowest BCUT2D eigenvalue weighted by molar-refractivity contribution is 0.261. The van der Waals surface area contributed by atoms with Crippen molar-refractivity contribution in [2.45, 2.75) is 103 Å². The zero-order valence-electron chi connectivity index (χ0n) is 18.2. The van der Waals surface area contributed by atoms with Gasteiger partial charge >= 0.3 is 0 Å². The number of ether oxygens (including phenoxy) is 2. The summed E-state index contributed by atoms with van der Waals surface area (Å²) in [6.45, 7) is 3.83. The number of allylic oxidation sites excluding steroid dienone is 2. The van der Waals surface area contributed by atoms with E-state index in [0.29, 0.717) is 12.7 Å². The molecule has 0 amide bonds. The molecular formula is C26H42O2. The number of hydrogen-bond donors (Lipinski definition) is 0. The first-order valence-electron chi connectivity index (χ1n) is 11.9. The summed E-state index contributed by atoms with van der Waals surface area (Å²) in [4.78, 5) is 0. The summed E-state index contributed by atoms with van der Waals surface area (Å²) in [5.74, 6) is 1.05. The van der Waals surface area contributed by atoms with Crippen LogP contribution in [0.5, 0.6) is 5.75 Å². The summed E-state index contributed by atoms with van der Waals surface area (Å²) in [5.41, 5.74) is 1.35. The smallest absolute Gasteiger partial charge is 0.122 e. The molecule has 0 aliphatic carbocycles. The summed E-state index contributed by atoms with van der Waals surface area (Å²) in [6.07, 6.45) is 23.8. The third kappa shape index (κ3) is 11.5. The maximum atomic E-state index is 5.91. The molecule has 1 heterocycles. The number of benzene rings is 1. The average molecular weight is 387 g/mol. The fourth-order valence-electron chi connectivity index (χ4n) is 3.58. The molecule has 1 atom stereocenters. The number of para-hydroxylation sites is 1. The monoisotopic (exact) mass is 386 g/mol. The summed E-state index contributed by atoms with van der Waals surface area (Å²) in [7, 11) is 0. The van der Waals surface area contributed by atoms with E-state index in [0.717, 1.165) is 18.8 Å². The molecule has 0 N–H and O–H groups in total. The first-order valence-corrected chi connectivity index (χ1v) is 11.9. The molecule has 2 nitrogen and oxygen atoms in total. The predicted molar refractivity (Wildman–Crippen MR) is 120 cm³/mol. The Balaban J connectivity index is 1.39. The molecule has 1 unspecified atom stereocenters. The molecule has 1 fully saturated rings. The van der Waals surface area contributed by atoms with Gasteiger partial charge in [-0.15, -0.1) is 0 Å². The quantitative estimate of drug-likeness (QED) is 0.147. The topological polar surface area (TPSA) is 21.8 Å². The van der Waals surface area contributed by atoms with Crippen molar-refractivity contribution >= 4 is 0 Å². The van der Waals surface area contributed by atoms with Crippen LogP contribution in [0.1, 0.15) is 96.0 Å². The summed E-state index contributed by atoms with van der Waals surface area (Å²) in [6, 6.07) is 8.49. The molecular weight excluding hydrogens is 344 g/mol. The van der Waals surface area contributed by atoms with Crippen molar-refractivity contribution in [3.8, 4) is 5.75 Å². The minimum atomic E-state index is 0.329. The Morgan fingerprint density at radius 3 is 2.14 bits per heavy atom. The Morgan fingerprint density at radius 1 is 0.857 bits per heavy atom. The highest BCUT2D eigenvalue weighted by Crippen LogP contribution is 2.22. The standard InChI is InChI=1S/C26H42O2/c1-2-3-4-5-6-7-8-9-10-11-12-13-14-15-16-19-24-20-17-18-21-26(24)28-23-25-22-27-25/h6-7,17-18,20-21,25H,2-5,8-16,19,22-23H2,1H3/b7-6+. The van der Waals surface area contributed by atoms with Crippen LogP contribution in [0.25, 0.3) is 0 Å². The molecule has 1 aromatic rings. The highest BCUT2D eigenvalue weighted by molar-refractivity contribution is 5.33. The molecule has 1 saturated heterocycles. The number of rotatable bonds is 18. The van der Waals surface area contributed by atoms with Gasteiger partial charge in [0.15, 0.2) is 0 Å². The van der Waals surface area contributed by atoms with Crippen molar-refractivity contribution in [1.29, 1.82) is 0 Å². The maximum Gasteiger partial charge on any atom is 0.122 e. The van der Waals surface area contributed by atoms with Crippen LogP contribution >= 0.6 is 0 Å². The summed E-state index contributed by atoms with van der Waals surface area (Å²) < 4.78 is 11.1. The average Bonchev–Trinajstić information content (AvgIpc) is 3.54. The molecule has 2 heteroatoms. The van der Waals surface area contributed by atoms with Crippen LogP contribution in [0, 0.1) is 0 Å². The van der Waals surface area contributed by atoms with Crippen molar-refractivity contribution in [3.63, 3.8) is 0 Å². The second-order valence-corrected chi connectivity index (χ2v) is 8.21. The van der Waals surface area contributed by atoms with Crippen molar-refractivity contribution < 1.29 is 9.47 Å². The van der Waals surface area contributed by atoms with Crippen molar-refractivity contribution in [2.24, 2.45) is 0 Å². The minimum Gasteiger partial charge on any atom is -0.491 e. The Kier molecular flexibility index (Phi) is 12.8. The van der Waals surface area contributed by atoms with Crippen molar-refractivity contribution in [3.05, 3.63) is 42.0 Å². The first-order chi connectivity index (χ1) is 13.9. The van der Waals surface area contributed by atoms with E-state index in [2.05, 4.69) is 43.3 Å². The van der Waals surface area contributed by atoms with Crippen molar-refractivity contribution in [2.75, 3.05) is 13.2 Å². The van der Waals surface area contributed by atoms with E-state index in [1.165, 1.54) is 89.0 Å². The van der Waals surface area contributed by atoms with Crippen LogP contribution < -0.4 is 4.74 Å². The van der Waals surface area contributed by atoms with Gasteiger partial charge in [0.2, 0.25) is 0 Å². The van der Waals surface area contributed by atoms with Gasteiger partial charge in [-0.3, -0.25) is 0 Å². The SMILES string of the molecule is CCCCC/C=C/CCCCCCCCCCc1ccccc1OCC1CO1. The molecule has 1 aliphatic heterocycles. The van der Waals surface area contributed by atoms with Gasteiger partial charge in [0.05, 0.1) is 6.61 Å². The Morgan fingerprint density at radius 2 is 1.46 bits per heavy atom. The van der Waals surface area contributed by atoms with Crippen LogP contribution in [0.4, 0.5) is 0 Å². The fourth-order valence-corrected chi connectivity index (χ4v) is 3.58. The zero-order valence-corrected chi connectivity index (χ0v) is 18.2. The highest BCUT2D eigenvalue weighted by Gasteiger charge is 2.23. The van der Waals surface area contributed by atoms with Crippen LogP contribution in [-0.2, 0) is 11.2 Å². The summed E-state index contributed by atoms with van der Waals surface area (Å²) in [5, 5.41) is 0. The van der Waals surface area contributed by atoms with Gasteiger partial charge in [-0.1, -0.05) is 88.6 Å². The van der Waals surface area contributed by atoms with Crippen molar-refractivity contribution in [1.82, 2.24) is 0 Å². The van der Waals surface area contributed by atoms with E-state index in [-0.39, 0.29) is 0 Å². The lowest BCUT2D eigenvalue weighted by Crippen LogP contribution is -2.05. The van der Waals surface area contributed by atoms with Crippen LogP contribution in [0.3, 0.4) is 0 Å². The third-order valence-electron chi connectivity index (χ3n) is 5.51. The van der Waals surface area contributed by atoms with Gasteiger partial charge in [0.25, 0.3) is 0 Å². The molecule has 1 aromatic carbocycles. The highest BCUT2D eigenvalue weighted by atomic mass is 16.6. The molecule has 0 aromatic heterocycles. The third-order valence-corrected chi connectivity index (χ3v) is 5.51. The maximum absolute atomic E-state index is 5.91. The number of epoxide rings is 1.